The molecule has 2 heterocycles. The zero-order chi connectivity index (χ0) is 21.0. The third kappa shape index (κ3) is 5.24. The maximum absolute atomic E-state index is 10.6. The van der Waals surface area contributed by atoms with E-state index in [-0.39, 0.29) is 19.9 Å². The van der Waals surface area contributed by atoms with Crippen LogP contribution in [0.25, 0.3) is 4.85 Å². The van der Waals surface area contributed by atoms with Crippen molar-refractivity contribution in [2.75, 3.05) is 20.4 Å². The fraction of sp³-hybridized carbons (Fsp3) is 0.650. The van der Waals surface area contributed by atoms with Gasteiger partial charge in [-0.25, -0.2) is 6.57 Å². The van der Waals surface area contributed by atoms with Gasteiger partial charge in [-0.3, -0.25) is 4.85 Å². The smallest absolute Gasteiger partial charge is 0.318 e. The van der Waals surface area contributed by atoms with Crippen LogP contribution in [0, 0.1) is 6.57 Å². The van der Waals surface area contributed by atoms with Gasteiger partial charge in [-0.2, -0.15) is 0 Å². The van der Waals surface area contributed by atoms with Gasteiger partial charge in [0.05, 0.1) is 20.3 Å². The Labute approximate surface area is 169 Å². The van der Waals surface area contributed by atoms with E-state index in [4.69, 9.17) is 35.0 Å². The highest BCUT2D eigenvalue weighted by Crippen LogP contribution is 2.40. The number of hydrogen-bond acceptors (Lipinski definition) is 8. The predicted molar refractivity (Wildman–Crippen MR) is 99.7 cm³/mol. The molecule has 0 spiro atoms. The van der Waals surface area contributed by atoms with Crippen molar-refractivity contribution in [1.29, 1.82) is 0 Å². The number of nitrogens with zero attached hydrogens (tertiary/aromatic N) is 1. The third-order valence-electron chi connectivity index (χ3n) is 4.80. The van der Waals surface area contributed by atoms with Crippen LogP contribution in [0.3, 0.4) is 0 Å². The van der Waals surface area contributed by atoms with E-state index >= 15 is 0 Å². The van der Waals surface area contributed by atoms with Gasteiger partial charge in [0, 0.05) is 0 Å². The first-order valence-electron chi connectivity index (χ1n) is 9.37. The molecule has 0 saturated carbocycles. The average Bonchev–Trinajstić information content (AvgIpc) is 3.19. The molecule has 6 atom stereocenters. The number of ether oxygens (including phenoxy) is 6. The molecule has 2 fully saturated rings. The Morgan fingerprint density at radius 1 is 1.17 bits per heavy atom. The summed E-state index contributed by atoms with van der Waals surface area (Å²) >= 11 is 0. The van der Waals surface area contributed by atoms with E-state index in [1.165, 1.54) is 0 Å². The number of aliphatic hydroxyl groups excluding tert-OH is 2. The van der Waals surface area contributed by atoms with E-state index < -0.39 is 42.6 Å². The van der Waals surface area contributed by atoms with E-state index in [1.807, 2.05) is 24.3 Å². The van der Waals surface area contributed by atoms with Crippen molar-refractivity contribution in [3.63, 3.8) is 0 Å². The minimum absolute atomic E-state index is 0.192. The van der Waals surface area contributed by atoms with Crippen molar-refractivity contribution in [3.8, 4) is 5.75 Å². The fourth-order valence-corrected chi connectivity index (χ4v) is 3.44. The van der Waals surface area contributed by atoms with E-state index in [9.17, 15) is 10.2 Å². The van der Waals surface area contributed by atoms with Gasteiger partial charge in [-0.05, 0) is 31.5 Å². The summed E-state index contributed by atoms with van der Waals surface area (Å²) in [5.74, 6) is -0.123. The summed E-state index contributed by atoms with van der Waals surface area (Å²) < 4.78 is 33.7. The van der Waals surface area contributed by atoms with Crippen LogP contribution in [0.15, 0.2) is 24.3 Å². The van der Waals surface area contributed by atoms with Crippen molar-refractivity contribution < 1.29 is 38.6 Å². The number of aliphatic hydroxyl groups is 2. The topological polar surface area (TPSA) is 100 Å². The maximum atomic E-state index is 10.6. The van der Waals surface area contributed by atoms with E-state index in [0.717, 1.165) is 11.3 Å². The number of hydrogen-bond donors (Lipinski definition) is 2. The van der Waals surface area contributed by atoms with Gasteiger partial charge in [0.25, 0.3) is 0 Å². The molecule has 0 aromatic heterocycles. The molecule has 0 bridgehead atoms. The highest BCUT2D eigenvalue weighted by atomic mass is 16.8. The zero-order valence-electron chi connectivity index (χ0n) is 16.7. The Kier molecular flexibility index (Phi) is 7.08. The van der Waals surface area contributed by atoms with E-state index in [2.05, 4.69) is 4.85 Å². The molecular weight excluding hydrogens is 382 g/mol. The highest BCUT2D eigenvalue weighted by molar-refractivity contribution is 5.26. The Balaban J connectivity index is 1.64. The first-order valence-corrected chi connectivity index (χ1v) is 9.37. The Bertz CT molecular complexity index is 703. The lowest BCUT2D eigenvalue weighted by atomic mass is 10.0. The second-order valence-electron chi connectivity index (χ2n) is 7.41. The molecule has 0 aliphatic carbocycles. The van der Waals surface area contributed by atoms with Gasteiger partial charge in [0.15, 0.2) is 12.1 Å². The molecule has 1 unspecified atom stereocenters. The van der Waals surface area contributed by atoms with Gasteiger partial charge in [0.1, 0.15) is 36.3 Å². The second kappa shape index (κ2) is 9.36. The quantitative estimate of drug-likeness (QED) is 0.462. The second-order valence-corrected chi connectivity index (χ2v) is 7.41. The summed E-state index contributed by atoms with van der Waals surface area (Å²) in [4.78, 5) is 3.04. The monoisotopic (exact) mass is 409 g/mol. The molecule has 3 rings (SSSR count). The Morgan fingerprint density at radius 2 is 1.86 bits per heavy atom. The molecule has 9 nitrogen and oxygen atoms in total. The summed E-state index contributed by atoms with van der Waals surface area (Å²) in [5, 5.41) is 20.7. The summed E-state index contributed by atoms with van der Waals surface area (Å²) in [6, 6.07) is 7.43. The molecule has 160 valence electrons. The number of methoxy groups -OCH3 is 1. The van der Waals surface area contributed by atoms with Crippen LogP contribution in [0.4, 0.5) is 0 Å². The standard InChI is InChI=1S/C20H27NO8/c1-20(2)28-17-16(15(23)14(22)10-25-11-21-3)27-19(18(17)29-20)26-9-12-5-7-13(24-4)8-6-12/h5-8,14-19,22-23H,9-11H2,1-2,4H3/t14-,15-,16-,17-,18?,19+/m1/s1. The van der Waals surface area contributed by atoms with Gasteiger partial charge in [-0.15, -0.1) is 0 Å². The van der Waals surface area contributed by atoms with Crippen LogP contribution in [0.1, 0.15) is 19.4 Å². The Morgan fingerprint density at radius 3 is 2.52 bits per heavy atom. The molecule has 29 heavy (non-hydrogen) atoms. The highest BCUT2D eigenvalue weighted by Gasteiger charge is 2.58. The van der Waals surface area contributed by atoms with E-state index in [1.54, 1.807) is 21.0 Å². The minimum Gasteiger partial charge on any atom is -0.497 e. The molecule has 0 radical (unpaired) electrons. The van der Waals surface area contributed by atoms with Crippen LogP contribution in [-0.2, 0) is 30.3 Å². The van der Waals surface area contributed by atoms with Crippen LogP contribution < -0.4 is 4.74 Å². The normalized spacial score (nSPS) is 29.8. The molecule has 0 amide bonds. The Hall–Kier alpha value is -1.77. The van der Waals surface area contributed by atoms with E-state index in [0.29, 0.717) is 0 Å². The molecule has 2 aliphatic heterocycles. The average molecular weight is 409 g/mol. The lowest BCUT2D eigenvalue weighted by Crippen LogP contribution is -2.46. The van der Waals surface area contributed by atoms with Crippen molar-refractivity contribution in [2.45, 2.75) is 63.1 Å². The van der Waals surface area contributed by atoms with Crippen LogP contribution in [-0.4, -0.2) is 73.3 Å². The minimum atomic E-state index is -1.29. The predicted octanol–water partition coefficient (Wildman–Crippen LogP) is 1.07. The summed E-state index contributed by atoms with van der Waals surface area (Å²) in [6.07, 6.45) is -5.35. The van der Waals surface area contributed by atoms with Crippen LogP contribution >= 0.6 is 0 Å². The van der Waals surface area contributed by atoms with Gasteiger partial charge < -0.3 is 38.6 Å². The van der Waals surface area contributed by atoms with Crippen LogP contribution in [0.2, 0.25) is 0 Å². The number of fused-ring (bicyclic) bond motifs is 1. The van der Waals surface area contributed by atoms with Crippen molar-refractivity contribution in [1.82, 2.24) is 0 Å². The first kappa shape index (κ1) is 21.9. The van der Waals surface area contributed by atoms with Crippen molar-refractivity contribution in [3.05, 3.63) is 41.2 Å². The molecule has 2 N–H and O–H groups in total. The maximum Gasteiger partial charge on any atom is 0.318 e. The molecular formula is C20H27NO8. The lowest BCUT2D eigenvalue weighted by molar-refractivity contribution is -0.251. The number of benzene rings is 1. The van der Waals surface area contributed by atoms with Gasteiger partial charge in [-0.1, -0.05) is 12.1 Å². The molecule has 1 aromatic carbocycles. The summed E-state index contributed by atoms with van der Waals surface area (Å²) in [6.45, 7) is 10.1. The van der Waals surface area contributed by atoms with Crippen LogP contribution in [0.5, 0.6) is 5.75 Å². The fourth-order valence-electron chi connectivity index (χ4n) is 3.44. The van der Waals surface area contributed by atoms with Crippen molar-refractivity contribution >= 4 is 0 Å². The lowest BCUT2D eigenvalue weighted by Gasteiger charge is -2.28. The molecule has 2 aliphatic rings. The molecule has 1 aromatic rings. The van der Waals surface area contributed by atoms with Crippen molar-refractivity contribution in [2.24, 2.45) is 0 Å². The molecule has 2 saturated heterocycles. The SMILES string of the molecule is [C-]#[N+]COC[C@@H](O)[C@@H](O)[C@H]1O[C@H](OCc2ccc(OC)cc2)C2OC(C)(C)O[C@@H]21. The third-order valence-corrected chi connectivity index (χ3v) is 4.80. The molecule has 9 heteroatoms. The zero-order valence-corrected chi connectivity index (χ0v) is 16.7. The van der Waals surface area contributed by atoms with Gasteiger partial charge in [0.2, 0.25) is 0 Å². The largest absolute Gasteiger partial charge is 0.497 e. The van der Waals surface area contributed by atoms with Gasteiger partial charge >= 0.3 is 6.73 Å². The number of rotatable bonds is 9. The summed E-state index contributed by atoms with van der Waals surface area (Å²) in [7, 11) is 1.60. The summed E-state index contributed by atoms with van der Waals surface area (Å²) in [5.41, 5.74) is 0.917. The first-order chi connectivity index (χ1) is 13.8.